The summed E-state index contributed by atoms with van der Waals surface area (Å²) in [6.07, 6.45) is 25.1. The molecule has 4 unspecified atom stereocenters. The summed E-state index contributed by atoms with van der Waals surface area (Å²) >= 11 is 0. The predicted molar refractivity (Wildman–Crippen MR) is 299 cm³/mol. The molecule has 0 aliphatic carbocycles. The maximum atomic E-state index is 13.4. The van der Waals surface area contributed by atoms with Gasteiger partial charge in [-0.15, -0.1) is 0 Å². The third kappa shape index (κ3) is 26.8. The summed E-state index contributed by atoms with van der Waals surface area (Å²) in [6, 6.07) is 9.94. The highest BCUT2D eigenvalue weighted by molar-refractivity contribution is 6.04. The lowest BCUT2D eigenvalue weighted by atomic mass is 9.99. The molecule has 12 nitrogen and oxygen atoms in total. The first kappa shape index (κ1) is 63.4. The summed E-state index contributed by atoms with van der Waals surface area (Å²) in [6.45, 7) is 19.5. The second-order valence-corrected chi connectivity index (χ2v) is 20.5. The molecule has 6 N–H and O–H groups in total. The van der Waals surface area contributed by atoms with Crippen LogP contribution < -0.4 is 31.9 Å². The Morgan fingerprint density at radius 2 is 0.569 bits per heavy atom. The van der Waals surface area contributed by atoms with Crippen LogP contribution in [0.1, 0.15) is 264 Å². The van der Waals surface area contributed by atoms with Crippen molar-refractivity contribution in [2.75, 3.05) is 36.8 Å². The first-order valence-electron chi connectivity index (χ1n) is 28.9. The second kappa shape index (κ2) is 38.8. The van der Waals surface area contributed by atoms with Crippen molar-refractivity contribution in [3.05, 3.63) is 58.7 Å². The van der Waals surface area contributed by atoms with E-state index in [2.05, 4.69) is 87.3 Å². The molecule has 72 heavy (non-hydrogen) atoms. The Kier molecular flexibility index (Phi) is 34.2. The average molecular weight is 1000 g/mol. The van der Waals surface area contributed by atoms with Crippen LogP contribution in [0, 0.1) is 23.7 Å². The van der Waals surface area contributed by atoms with Crippen molar-refractivity contribution < 1.29 is 28.8 Å². The molecule has 6 amide bonds. The minimum atomic E-state index is -0.247. The molecule has 0 heterocycles. The Labute approximate surface area is 436 Å². The van der Waals surface area contributed by atoms with Gasteiger partial charge in [0.25, 0.3) is 23.6 Å². The van der Waals surface area contributed by atoms with Gasteiger partial charge < -0.3 is 31.9 Å². The minimum Gasteiger partial charge on any atom is -0.352 e. The number of carbonyl (C=O) groups is 6. The third-order valence-corrected chi connectivity index (χ3v) is 14.4. The van der Waals surface area contributed by atoms with E-state index < -0.39 is 0 Å². The van der Waals surface area contributed by atoms with Crippen molar-refractivity contribution in [1.29, 1.82) is 0 Å². The number of unbranched alkanes of at least 4 members (excludes halogenated alkanes) is 11. The van der Waals surface area contributed by atoms with Gasteiger partial charge in [-0.1, -0.05) is 171 Å². The zero-order chi connectivity index (χ0) is 52.9. The van der Waals surface area contributed by atoms with Crippen LogP contribution in [0.2, 0.25) is 0 Å². The number of amides is 6. The van der Waals surface area contributed by atoms with Gasteiger partial charge in [0, 0.05) is 72.6 Å². The van der Waals surface area contributed by atoms with E-state index in [9.17, 15) is 28.8 Å². The SMILES string of the molecule is CCCCC(CC)CNC(=O)c1cc(NC(=O)CCCCCCCCCCC(=O)Nc2cc(C(=O)NCC(CC)CCCC)cc(C(=O)NCC(CC)CCCC)c2)cc(C(=O)NCC(CC)CCCC)c1. The van der Waals surface area contributed by atoms with Crippen molar-refractivity contribution in [2.24, 2.45) is 23.7 Å². The fraction of sp³-hybridized carbons (Fsp3) is 0.700. The molecule has 0 spiro atoms. The van der Waals surface area contributed by atoms with Crippen LogP contribution in [0.3, 0.4) is 0 Å². The molecule has 0 aliphatic rings. The summed E-state index contributed by atoms with van der Waals surface area (Å²) in [5.74, 6) is 0.279. The van der Waals surface area contributed by atoms with E-state index in [1.807, 2.05) is 0 Å². The third-order valence-electron chi connectivity index (χ3n) is 14.4. The Bertz CT molecular complexity index is 1650. The summed E-state index contributed by atoms with van der Waals surface area (Å²) < 4.78 is 0. The van der Waals surface area contributed by atoms with E-state index in [1.165, 1.54) is 0 Å². The number of rotatable bonds is 41. The molecule has 0 aromatic heterocycles. The van der Waals surface area contributed by atoms with Crippen molar-refractivity contribution in [1.82, 2.24) is 21.3 Å². The van der Waals surface area contributed by atoms with Gasteiger partial charge in [-0.3, -0.25) is 28.8 Å². The summed E-state index contributed by atoms with van der Waals surface area (Å²) in [5, 5.41) is 18.3. The van der Waals surface area contributed by atoms with E-state index >= 15 is 0 Å². The topological polar surface area (TPSA) is 175 Å². The molecule has 2 aromatic carbocycles. The number of carbonyl (C=O) groups excluding carboxylic acids is 6. The van der Waals surface area contributed by atoms with Crippen LogP contribution in [0.25, 0.3) is 0 Å². The molecule has 0 saturated carbocycles. The van der Waals surface area contributed by atoms with Gasteiger partial charge in [-0.05, 0) is 98.6 Å². The number of benzene rings is 2. The van der Waals surface area contributed by atoms with Crippen LogP contribution in [0.4, 0.5) is 11.4 Å². The van der Waals surface area contributed by atoms with Gasteiger partial charge in [-0.25, -0.2) is 0 Å². The van der Waals surface area contributed by atoms with Crippen molar-refractivity contribution in [2.45, 2.75) is 222 Å². The van der Waals surface area contributed by atoms with Crippen molar-refractivity contribution in [3.63, 3.8) is 0 Å². The summed E-state index contributed by atoms with van der Waals surface area (Å²) in [4.78, 5) is 80.0. The maximum Gasteiger partial charge on any atom is 0.251 e. The molecule has 0 fully saturated rings. The lowest BCUT2D eigenvalue weighted by Crippen LogP contribution is -2.31. The number of hydrogen-bond donors (Lipinski definition) is 6. The number of hydrogen-bond acceptors (Lipinski definition) is 6. The van der Waals surface area contributed by atoms with Crippen LogP contribution in [0.15, 0.2) is 36.4 Å². The van der Waals surface area contributed by atoms with E-state index in [4.69, 9.17) is 0 Å². The molecule has 0 aliphatic heterocycles. The molecular weight excluding hydrogens is 901 g/mol. The molecule has 0 radical (unpaired) electrons. The molecule has 0 saturated heterocycles. The van der Waals surface area contributed by atoms with Crippen LogP contribution in [-0.4, -0.2) is 61.6 Å². The van der Waals surface area contributed by atoms with Crippen molar-refractivity contribution in [3.8, 4) is 0 Å². The van der Waals surface area contributed by atoms with E-state index in [1.54, 1.807) is 36.4 Å². The standard InChI is InChI=1S/C60H100N6O6/c1-9-17-29-45(13-5)41-61-57(69)49-35-50(58(70)62-42-46(14-6)30-18-10-2)38-53(37-49)65-55(67)33-27-25-23-21-22-24-26-28-34-56(68)66-54-39-51(59(71)63-43-47(15-7)31-19-11-3)36-52(40-54)60(72)64-44-48(16-8)32-20-12-4/h35-40,45-48H,9-34,41-44H2,1-8H3,(H,61,69)(H,62,70)(H,63,71)(H,64,72)(H,65,67)(H,66,68). The quantitative estimate of drug-likeness (QED) is 0.0362. The van der Waals surface area contributed by atoms with Crippen molar-refractivity contribution >= 4 is 46.8 Å². The Morgan fingerprint density at radius 1 is 0.333 bits per heavy atom. The molecule has 0 bridgehead atoms. The van der Waals surface area contributed by atoms with Gasteiger partial charge >= 0.3 is 0 Å². The first-order chi connectivity index (χ1) is 34.8. The van der Waals surface area contributed by atoms with Gasteiger partial charge in [-0.2, -0.15) is 0 Å². The van der Waals surface area contributed by atoms with Gasteiger partial charge in [0.15, 0.2) is 0 Å². The van der Waals surface area contributed by atoms with Gasteiger partial charge in [0.2, 0.25) is 11.8 Å². The highest BCUT2D eigenvalue weighted by Crippen LogP contribution is 2.22. The first-order valence-corrected chi connectivity index (χ1v) is 28.9. The summed E-state index contributed by atoms with van der Waals surface area (Å²) in [7, 11) is 0. The van der Waals surface area contributed by atoms with E-state index in [0.29, 0.717) is 96.3 Å². The zero-order valence-corrected chi connectivity index (χ0v) is 46.4. The Balaban J connectivity index is 1.90. The van der Waals surface area contributed by atoms with Gasteiger partial charge in [0.1, 0.15) is 0 Å². The molecule has 2 aromatic rings. The monoisotopic (exact) mass is 1000 g/mol. The molecule has 12 heteroatoms. The fourth-order valence-corrected chi connectivity index (χ4v) is 9.13. The van der Waals surface area contributed by atoms with Crippen LogP contribution in [-0.2, 0) is 9.59 Å². The largest absolute Gasteiger partial charge is 0.352 e. The highest BCUT2D eigenvalue weighted by atomic mass is 16.2. The average Bonchev–Trinajstić information content (AvgIpc) is 3.38. The maximum absolute atomic E-state index is 13.4. The number of anilines is 2. The zero-order valence-electron chi connectivity index (χ0n) is 46.4. The normalized spacial score (nSPS) is 12.8. The second-order valence-electron chi connectivity index (χ2n) is 20.5. The van der Waals surface area contributed by atoms with Gasteiger partial charge in [0.05, 0.1) is 0 Å². The molecule has 406 valence electrons. The lowest BCUT2D eigenvalue weighted by Gasteiger charge is -2.17. The lowest BCUT2D eigenvalue weighted by molar-refractivity contribution is -0.117. The Morgan fingerprint density at radius 3 is 0.792 bits per heavy atom. The minimum absolute atomic E-state index is 0.145. The Hall–Kier alpha value is -4.74. The van der Waals surface area contributed by atoms with E-state index in [-0.39, 0.29) is 35.4 Å². The predicted octanol–water partition coefficient (Wildman–Crippen LogP) is 13.9. The molecular formula is C60H100N6O6. The van der Waals surface area contributed by atoms with E-state index in [0.717, 1.165) is 154 Å². The highest BCUT2D eigenvalue weighted by Gasteiger charge is 2.19. The molecule has 2 rings (SSSR count). The smallest absolute Gasteiger partial charge is 0.251 e. The van der Waals surface area contributed by atoms with Crippen LogP contribution >= 0.6 is 0 Å². The number of nitrogens with one attached hydrogen (secondary N) is 6. The molecule has 4 atom stereocenters. The summed E-state index contributed by atoms with van der Waals surface area (Å²) in [5.41, 5.74) is 2.34. The van der Waals surface area contributed by atoms with Crippen LogP contribution in [0.5, 0.6) is 0 Å². The fourth-order valence-electron chi connectivity index (χ4n) is 9.13.